The van der Waals surface area contributed by atoms with E-state index in [1.807, 2.05) is 55.5 Å². The van der Waals surface area contributed by atoms with Crippen LogP contribution < -0.4 is 16.6 Å². The highest BCUT2D eigenvalue weighted by molar-refractivity contribution is 7.15. The van der Waals surface area contributed by atoms with Gasteiger partial charge >= 0.3 is 5.69 Å². The van der Waals surface area contributed by atoms with Gasteiger partial charge < -0.3 is 5.32 Å². The van der Waals surface area contributed by atoms with Crippen LogP contribution in [0.3, 0.4) is 0 Å². The van der Waals surface area contributed by atoms with Gasteiger partial charge in [-0.1, -0.05) is 54.1 Å². The number of halogens is 1. The lowest BCUT2D eigenvalue weighted by atomic mass is 10.1. The quantitative estimate of drug-likeness (QED) is 0.437. The van der Waals surface area contributed by atoms with Gasteiger partial charge in [0.2, 0.25) is 5.91 Å². The highest BCUT2D eigenvalue weighted by Gasteiger charge is 2.13. The van der Waals surface area contributed by atoms with Crippen LogP contribution in [0.2, 0.25) is 5.02 Å². The Labute approximate surface area is 198 Å². The summed E-state index contributed by atoms with van der Waals surface area (Å²) < 4.78 is 2.32. The first-order valence-electron chi connectivity index (χ1n) is 10.2. The fourth-order valence-corrected chi connectivity index (χ4v) is 4.37. The van der Waals surface area contributed by atoms with Gasteiger partial charge in [0.05, 0.1) is 6.54 Å². The molecule has 0 bridgehead atoms. The fraction of sp³-hybridized carbons (Fsp3) is 0.167. The van der Waals surface area contributed by atoms with Crippen LogP contribution in [0.5, 0.6) is 0 Å². The molecular formula is C24H21ClN4O3S. The second-order valence-electron chi connectivity index (χ2n) is 7.58. The van der Waals surface area contributed by atoms with Gasteiger partial charge in [-0.15, -0.1) is 11.3 Å². The van der Waals surface area contributed by atoms with Crippen molar-refractivity contribution >= 4 is 34.0 Å². The lowest BCUT2D eigenvalue weighted by Crippen LogP contribution is -2.41. The van der Waals surface area contributed by atoms with Crippen molar-refractivity contribution in [1.29, 1.82) is 0 Å². The van der Waals surface area contributed by atoms with Crippen LogP contribution in [-0.4, -0.2) is 20.0 Å². The van der Waals surface area contributed by atoms with Gasteiger partial charge in [0, 0.05) is 34.8 Å². The number of nitrogens with one attached hydrogen (secondary N) is 1. The first-order valence-corrected chi connectivity index (χ1v) is 11.4. The van der Waals surface area contributed by atoms with Gasteiger partial charge in [0.25, 0.3) is 5.56 Å². The van der Waals surface area contributed by atoms with E-state index in [4.69, 9.17) is 11.6 Å². The summed E-state index contributed by atoms with van der Waals surface area (Å²) in [6.07, 6.45) is 3.77. The maximum absolute atomic E-state index is 12.8. The highest BCUT2D eigenvalue weighted by Crippen LogP contribution is 2.23. The molecule has 1 amide bonds. The van der Waals surface area contributed by atoms with Crippen LogP contribution in [0, 0.1) is 6.92 Å². The maximum Gasteiger partial charge on any atom is 0.331 e. The number of hydrogen-bond donors (Lipinski definition) is 1. The molecule has 2 heterocycles. The molecule has 2 aromatic carbocycles. The average molecular weight is 481 g/mol. The molecule has 0 spiro atoms. The van der Waals surface area contributed by atoms with Crippen LogP contribution in [0.15, 0.2) is 76.6 Å². The van der Waals surface area contributed by atoms with E-state index in [2.05, 4.69) is 10.3 Å². The van der Waals surface area contributed by atoms with Gasteiger partial charge in [0.15, 0.2) is 5.13 Å². The number of carbonyl (C=O) groups is 1. The first-order chi connectivity index (χ1) is 15.9. The van der Waals surface area contributed by atoms with Crippen LogP contribution in [-0.2, 0) is 24.3 Å². The smallest absolute Gasteiger partial charge is 0.300 e. The third-order valence-electron chi connectivity index (χ3n) is 5.05. The number of nitrogens with zero attached hydrogens (tertiary/aromatic N) is 3. The Morgan fingerprint density at radius 2 is 1.88 bits per heavy atom. The summed E-state index contributed by atoms with van der Waals surface area (Å²) in [6.45, 7) is 1.86. The highest BCUT2D eigenvalue weighted by atomic mass is 35.5. The SMILES string of the molecule is Cc1ccc(Cc2cnc(NC(=O)Cn3c(=O)ccn(Cc4ccccc4)c3=O)s2)cc1Cl. The summed E-state index contributed by atoms with van der Waals surface area (Å²) in [6, 6.07) is 16.6. The number of thiazole rings is 1. The molecule has 0 aliphatic rings. The number of benzene rings is 2. The van der Waals surface area contributed by atoms with E-state index >= 15 is 0 Å². The standard InChI is InChI=1S/C24H21ClN4O3S/c1-16-7-8-18(12-20(16)25)11-19-13-26-23(33-19)27-21(30)15-29-22(31)9-10-28(24(29)32)14-17-5-3-2-4-6-17/h2-10,12-13H,11,14-15H2,1H3,(H,26,27,30). The second kappa shape index (κ2) is 9.97. The number of hydrogen-bond acceptors (Lipinski definition) is 5. The minimum atomic E-state index is -0.544. The van der Waals surface area contributed by atoms with Gasteiger partial charge in [-0.25, -0.2) is 9.78 Å². The van der Waals surface area contributed by atoms with Crippen molar-refractivity contribution in [2.45, 2.75) is 26.4 Å². The molecule has 0 atom stereocenters. The summed E-state index contributed by atoms with van der Waals surface area (Å²) >= 11 is 7.52. The van der Waals surface area contributed by atoms with Crippen molar-refractivity contribution < 1.29 is 4.79 Å². The molecule has 0 aliphatic carbocycles. The predicted octanol–water partition coefficient (Wildman–Crippen LogP) is 3.71. The fourth-order valence-electron chi connectivity index (χ4n) is 3.30. The van der Waals surface area contributed by atoms with E-state index < -0.39 is 23.7 Å². The zero-order valence-corrected chi connectivity index (χ0v) is 19.4. The van der Waals surface area contributed by atoms with Crippen molar-refractivity contribution in [1.82, 2.24) is 14.1 Å². The van der Waals surface area contributed by atoms with E-state index in [1.165, 1.54) is 28.2 Å². The van der Waals surface area contributed by atoms with E-state index in [0.29, 0.717) is 23.1 Å². The topological polar surface area (TPSA) is 86.0 Å². The monoisotopic (exact) mass is 480 g/mol. The molecule has 0 fully saturated rings. The third-order valence-corrected chi connectivity index (χ3v) is 6.37. The predicted molar refractivity (Wildman–Crippen MR) is 130 cm³/mol. The van der Waals surface area contributed by atoms with Gasteiger partial charge in [-0.2, -0.15) is 0 Å². The summed E-state index contributed by atoms with van der Waals surface area (Å²) in [4.78, 5) is 42.7. The summed E-state index contributed by atoms with van der Waals surface area (Å²) in [5, 5.41) is 3.79. The molecule has 4 rings (SSSR count). The van der Waals surface area contributed by atoms with E-state index in [-0.39, 0.29) is 0 Å². The van der Waals surface area contributed by atoms with E-state index in [1.54, 1.807) is 6.20 Å². The summed E-state index contributed by atoms with van der Waals surface area (Å²) in [5.41, 5.74) is 1.89. The first kappa shape index (κ1) is 22.7. The zero-order chi connectivity index (χ0) is 23.4. The Bertz CT molecular complexity index is 1410. The number of anilines is 1. The Kier molecular flexibility index (Phi) is 6.86. The molecule has 0 unspecified atom stereocenters. The maximum atomic E-state index is 12.8. The van der Waals surface area contributed by atoms with Crippen molar-refractivity contribution in [3.63, 3.8) is 0 Å². The van der Waals surface area contributed by atoms with Gasteiger partial charge in [-0.3, -0.25) is 18.7 Å². The molecular weight excluding hydrogens is 460 g/mol. The number of amides is 1. The van der Waals surface area contributed by atoms with Crippen molar-refractivity contribution in [3.8, 4) is 0 Å². The Morgan fingerprint density at radius 3 is 2.64 bits per heavy atom. The van der Waals surface area contributed by atoms with Crippen LogP contribution >= 0.6 is 22.9 Å². The summed E-state index contributed by atoms with van der Waals surface area (Å²) in [7, 11) is 0. The Morgan fingerprint density at radius 1 is 1.09 bits per heavy atom. The molecule has 2 aromatic heterocycles. The number of rotatable bonds is 7. The average Bonchev–Trinajstić information content (AvgIpc) is 3.23. The molecule has 7 nitrogen and oxygen atoms in total. The van der Waals surface area contributed by atoms with Crippen molar-refractivity contribution in [2.75, 3.05) is 5.32 Å². The molecule has 4 aromatic rings. The van der Waals surface area contributed by atoms with Gasteiger partial charge in [0.1, 0.15) is 6.54 Å². The number of aryl methyl sites for hydroxylation is 1. The largest absolute Gasteiger partial charge is 0.331 e. The molecule has 0 saturated heterocycles. The second-order valence-corrected chi connectivity index (χ2v) is 9.10. The third kappa shape index (κ3) is 5.66. The molecule has 33 heavy (non-hydrogen) atoms. The van der Waals surface area contributed by atoms with E-state index in [9.17, 15) is 14.4 Å². The lowest BCUT2D eigenvalue weighted by Gasteiger charge is -2.09. The molecule has 9 heteroatoms. The van der Waals surface area contributed by atoms with Crippen molar-refractivity contribution in [3.05, 3.63) is 114 Å². The Hall–Kier alpha value is -3.49. The van der Waals surface area contributed by atoms with Crippen molar-refractivity contribution in [2.24, 2.45) is 0 Å². The number of carbonyl (C=O) groups excluding carboxylic acids is 1. The number of aromatic nitrogens is 3. The van der Waals surface area contributed by atoms with Crippen LogP contribution in [0.1, 0.15) is 21.6 Å². The molecule has 0 saturated carbocycles. The molecule has 168 valence electrons. The van der Waals surface area contributed by atoms with Crippen LogP contribution in [0.4, 0.5) is 5.13 Å². The Balaban J connectivity index is 1.44. The minimum absolute atomic E-state index is 0.306. The lowest BCUT2D eigenvalue weighted by molar-refractivity contribution is -0.116. The van der Waals surface area contributed by atoms with Gasteiger partial charge in [-0.05, 0) is 29.7 Å². The van der Waals surface area contributed by atoms with E-state index in [0.717, 1.165) is 26.1 Å². The van der Waals surface area contributed by atoms with Crippen LogP contribution in [0.25, 0.3) is 0 Å². The molecule has 0 aliphatic heterocycles. The molecule has 0 radical (unpaired) electrons. The zero-order valence-electron chi connectivity index (χ0n) is 17.8. The molecule has 1 N–H and O–H groups in total. The minimum Gasteiger partial charge on any atom is -0.300 e. The summed E-state index contributed by atoms with van der Waals surface area (Å²) in [5.74, 6) is -0.494. The normalized spacial score (nSPS) is 10.8.